The molecule has 1 heterocycles. The van der Waals surface area contributed by atoms with E-state index in [9.17, 15) is 4.79 Å². The summed E-state index contributed by atoms with van der Waals surface area (Å²) in [7, 11) is 2.16. The number of hydrogen-bond donors (Lipinski definition) is 0. The van der Waals surface area contributed by atoms with E-state index in [1.807, 2.05) is 13.8 Å². The third-order valence-electron chi connectivity index (χ3n) is 4.49. The molecular weight excluding hydrogens is 260 g/mol. The highest BCUT2D eigenvalue weighted by Crippen LogP contribution is 2.18. The van der Waals surface area contributed by atoms with E-state index in [1.54, 1.807) is 0 Å². The van der Waals surface area contributed by atoms with Crippen LogP contribution < -0.4 is 0 Å². The van der Waals surface area contributed by atoms with Crippen LogP contribution in [-0.4, -0.2) is 54.9 Å². The molecule has 0 bridgehead atoms. The maximum Gasteiger partial charge on any atom is 0.177 e. The summed E-state index contributed by atoms with van der Waals surface area (Å²) in [6.45, 7) is 12.1. The summed E-state index contributed by atoms with van der Waals surface area (Å²) in [5.74, 6) is 0.265. The highest BCUT2D eigenvalue weighted by atomic mass is 16.1. The number of rotatable bonds is 3. The first-order valence-electron chi connectivity index (χ1n) is 7.92. The van der Waals surface area contributed by atoms with E-state index in [0.29, 0.717) is 12.6 Å². The third kappa shape index (κ3) is 3.92. The molecule has 0 saturated carbocycles. The lowest BCUT2D eigenvalue weighted by Gasteiger charge is -2.27. The van der Waals surface area contributed by atoms with Gasteiger partial charge in [-0.15, -0.1) is 0 Å². The second kappa shape index (κ2) is 6.71. The zero-order valence-electron chi connectivity index (χ0n) is 14.1. The fourth-order valence-electron chi connectivity index (χ4n) is 3.54. The van der Waals surface area contributed by atoms with E-state index in [1.165, 1.54) is 5.56 Å². The molecule has 3 nitrogen and oxygen atoms in total. The average Bonchev–Trinajstić information content (AvgIpc) is 2.50. The van der Waals surface area contributed by atoms with Crippen molar-refractivity contribution in [2.45, 2.75) is 40.2 Å². The normalized spacial score (nSPS) is 21.3. The Morgan fingerprint density at radius 2 is 1.81 bits per heavy atom. The van der Waals surface area contributed by atoms with Crippen LogP contribution in [0.1, 0.15) is 40.4 Å². The first-order chi connectivity index (χ1) is 9.88. The summed E-state index contributed by atoms with van der Waals surface area (Å²) in [5, 5.41) is 0. The molecule has 0 spiro atoms. The lowest BCUT2D eigenvalue weighted by molar-refractivity contribution is 0.0899. The van der Waals surface area contributed by atoms with Crippen molar-refractivity contribution in [3.8, 4) is 0 Å². The molecule has 0 aromatic heterocycles. The number of likely N-dealkylation sites (N-methyl/N-ethyl adjacent to an activating group) is 1. The number of carbonyl (C=O) groups is 1. The minimum atomic E-state index is 0.265. The van der Waals surface area contributed by atoms with Crippen molar-refractivity contribution in [1.29, 1.82) is 0 Å². The molecule has 116 valence electrons. The van der Waals surface area contributed by atoms with Gasteiger partial charge in [-0.1, -0.05) is 17.7 Å². The summed E-state index contributed by atoms with van der Waals surface area (Å²) in [5.41, 5.74) is 4.37. The lowest BCUT2D eigenvalue weighted by atomic mass is 9.96. The number of nitrogens with zero attached hydrogens (tertiary/aromatic N) is 2. The minimum absolute atomic E-state index is 0.265. The Bertz CT molecular complexity index is 501. The van der Waals surface area contributed by atoms with Crippen LogP contribution in [0, 0.1) is 20.8 Å². The van der Waals surface area contributed by atoms with Crippen LogP contribution in [0.25, 0.3) is 0 Å². The topological polar surface area (TPSA) is 23.6 Å². The van der Waals surface area contributed by atoms with Gasteiger partial charge in [0, 0.05) is 24.7 Å². The standard InChI is InChI=1S/C18H28N2O/c1-13-9-14(2)18(15(3)10-13)17(21)12-20-8-6-7-19(5)11-16(20)4/h9-10,16H,6-8,11-12H2,1-5H3. The molecule has 2 rings (SSSR count). The van der Waals surface area contributed by atoms with Crippen molar-refractivity contribution in [3.63, 3.8) is 0 Å². The Kier molecular flexibility index (Phi) is 5.17. The molecule has 1 atom stereocenters. The van der Waals surface area contributed by atoms with Crippen molar-refractivity contribution in [2.75, 3.05) is 33.2 Å². The van der Waals surface area contributed by atoms with Crippen LogP contribution in [0.3, 0.4) is 0 Å². The molecule has 1 unspecified atom stereocenters. The number of ketones is 1. The summed E-state index contributed by atoms with van der Waals surface area (Å²) in [6, 6.07) is 4.66. The molecule has 0 amide bonds. The van der Waals surface area contributed by atoms with Crippen molar-refractivity contribution in [1.82, 2.24) is 9.80 Å². The summed E-state index contributed by atoms with van der Waals surface area (Å²) < 4.78 is 0. The Balaban J connectivity index is 2.14. The van der Waals surface area contributed by atoms with Gasteiger partial charge in [0.05, 0.1) is 6.54 Å². The van der Waals surface area contributed by atoms with Crippen molar-refractivity contribution < 1.29 is 4.79 Å². The summed E-state index contributed by atoms with van der Waals surface area (Å²) in [4.78, 5) is 17.4. The number of benzene rings is 1. The monoisotopic (exact) mass is 288 g/mol. The second-order valence-electron chi connectivity index (χ2n) is 6.63. The van der Waals surface area contributed by atoms with Crippen LogP contribution in [0.4, 0.5) is 0 Å². The second-order valence-corrected chi connectivity index (χ2v) is 6.63. The van der Waals surface area contributed by atoms with Crippen LogP contribution >= 0.6 is 0 Å². The van der Waals surface area contributed by atoms with Gasteiger partial charge in [-0.2, -0.15) is 0 Å². The molecule has 0 N–H and O–H groups in total. The largest absolute Gasteiger partial charge is 0.305 e. The Labute approximate surface area is 128 Å². The number of Topliss-reactive ketones (excluding diaryl/α,β-unsaturated/α-hetero) is 1. The molecule has 1 fully saturated rings. The molecule has 1 aromatic rings. The maximum absolute atomic E-state index is 12.7. The van der Waals surface area contributed by atoms with Crippen molar-refractivity contribution in [2.24, 2.45) is 0 Å². The molecule has 21 heavy (non-hydrogen) atoms. The van der Waals surface area contributed by atoms with E-state index < -0.39 is 0 Å². The number of aryl methyl sites for hydroxylation is 3. The van der Waals surface area contributed by atoms with Crippen LogP contribution in [0.2, 0.25) is 0 Å². The maximum atomic E-state index is 12.7. The first-order valence-corrected chi connectivity index (χ1v) is 7.92. The lowest BCUT2D eigenvalue weighted by Crippen LogP contribution is -2.41. The molecule has 1 aliphatic heterocycles. The van der Waals surface area contributed by atoms with Gasteiger partial charge in [0.1, 0.15) is 0 Å². The van der Waals surface area contributed by atoms with Crippen LogP contribution in [0.15, 0.2) is 12.1 Å². The van der Waals surface area contributed by atoms with Gasteiger partial charge >= 0.3 is 0 Å². The zero-order chi connectivity index (χ0) is 15.6. The van der Waals surface area contributed by atoms with Gasteiger partial charge in [0.25, 0.3) is 0 Å². The molecule has 0 aliphatic carbocycles. The smallest absolute Gasteiger partial charge is 0.177 e. The molecule has 1 aromatic carbocycles. The highest BCUT2D eigenvalue weighted by molar-refractivity contribution is 6.00. The Morgan fingerprint density at radius 1 is 1.19 bits per heavy atom. The van der Waals surface area contributed by atoms with E-state index in [2.05, 4.69) is 42.8 Å². The zero-order valence-corrected chi connectivity index (χ0v) is 14.1. The highest BCUT2D eigenvalue weighted by Gasteiger charge is 2.23. The molecule has 3 heteroatoms. The molecule has 1 saturated heterocycles. The molecule has 0 radical (unpaired) electrons. The van der Waals surface area contributed by atoms with E-state index >= 15 is 0 Å². The molecule has 1 aliphatic rings. The fourth-order valence-corrected chi connectivity index (χ4v) is 3.54. The van der Waals surface area contributed by atoms with Gasteiger partial charge in [0.15, 0.2) is 5.78 Å². The number of hydrogen-bond acceptors (Lipinski definition) is 3. The Morgan fingerprint density at radius 3 is 2.43 bits per heavy atom. The van der Waals surface area contributed by atoms with Gasteiger partial charge in [-0.05, 0) is 58.8 Å². The third-order valence-corrected chi connectivity index (χ3v) is 4.49. The Hall–Kier alpha value is -1.19. The average molecular weight is 288 g/mol. The van der Waals surface area contributed by atoms with Gasteiger partial charge < -0.3 is 4.90 Å². The van der Waals surface area contributed by atoms with Crippen LogP contribution in [0.5, 0.6) is 0 Å². The van der Waals surface area contributed by atoms with Crippen molar-refractivity contribution in [3.05, 3.63) is 34.4 Å². The van der Waals surface area contributed by atoms with E-state index in [-0.39, 0.29) is 5.78 Å². The number of carbonyl (C=O) groups excluding carboxylic acids is 1. The predicted molar refractivity (Wildman–Crippen MR) is 88.1 cm³/mol. The first kappa shape index (κ1) is 16.2. The van der Waals surface area contributed by atoms with Gasteiger partial charge in [-0.3, -0.25) is 9.69 Å². The fraction of sp³-hybridized carbons (Fsp3) is 0.611. The predicted octanol–water partition coefficient (Wildman–Crippen LogP) is 2.82. The quantitative estimate of drug-likeness (QED) is 0.799. The molecular formula is C18H28N2O. The van der Waals surface area contributed by atoms with E-state index in [4.69, 9.17) is 0 Å². The SMILES string of the molecule is Cc1cc(C)c(C(=O)CN2CCCN(C)CC2C)c(C)c1. The van der Waals surface area contributed by atoms with Gasteiger partial charge in [0.2, 0.25) is 0 Å². The van der Waals surface area contributed by atoms with E-state index in [0.717, 1.165) is 42.7 Å². The van der Waals surface area contributed by atoms with Crippen molar-refractivity contribution >= 4 is 5.78 Å². The van der Waals surface area contributed by atoms with Gasteiger partial charge in [-0.25, -0.2) is 0 Å². The summed E-state index contributed by atoms with van der Waals surface area (Å²) in [6.07, 6.45) is 1.14. The summed E-state index contributed by atoms with van der Waals surface area (Å²) >= 11 is 0. The minimum Gasteiger partial charge on any atom is -0.305 e. The van der Waals surface area contributed by atoms with Crippen LogP contribution in [-0.2, 0) is 0 Å².